The molecule has 0 unspecified atom stereocenters. The SMILES string of the molecule is COC(=O)[C@@H]1CCCN(C(=O)[C@H](Cc2cccc(O)c2)NC(=O)[C@@H](NC(=O)CCl)C(C)C)N1. The summed E-state index contributed by atoms with van der Waals surface area (Å²) >= 11 is 5.56. The second kappa shape index (κ2) is 12.4. The molecule has 33 heavy (non-hydrogen) atoms. The van der Waals surface area contributed by atoms with E-state index < -0.39 is 41.8 Å². The van der Waals surface area contributed by atoms with Crippen LogP contribution >= 0.6 is 11.6 Å². The smallest absolute Gasteiger partial charge is 0.324 e. The summed E-state index contributed by atoms with van der Waals surface area (Å²) in [5, 5.41) is 16.4. The van der Waals surface area contributed by atoms with Gasteiger partial charge in [0.2, 0.25) is 11.8 Å². The molecule has 2 rings (SSSR count). The predicted octanol–water partition coefficient (Wildman–Crippen LogP) is 0.468. The van der Waals surface area contributed by atoms with Crippen LogP contribution in [0, 0.1) is 5.92 Å². The minimum atomic E-state index is -1.02. The van der Waals surface area contributed by atoms with Gasteiger partial charge in [-0.05, 0) is 36.5 Å². The van der Waals surface area contributed by atoms with Crippen molar-refractivity contribution in [3.05, 3.63) is 29.8 Å². The second-order valence-electron chi connectivity index (χ2n) is 8.19. The molecular weight excluding hydrogens is 452 g/mol. The first-order chi connectivity index (χ1) is 15.7. The molecular formula is C22H31ClN4O6. The highest BCUT2D eigenvalue weighted by Gasteiger charge is 2.34. The van der Waals surface area contributed by atoms with Gasteiger partial charge in [-0.2, -0.15) is 0 Å². The van der Waals surface area contributed by atoms with Gasteiger partial charge >= 0.3 is 5.97 Å². The molecule has 0 bridgehead atoms. The van der Waals surface area contributed by atoms with E-state index in [0.717, 1.165) is 0 Å². The molecule has 182 valence electrons. The highest BCUT2D eigenvalue weighted by atomic mass is 35.5. The minimum absolute atomic E-state index is 0.0290. The molecule has 0 saturated carbocycles. The first-order valence-electron chi connectivity index (χ1n) is 10.7. The highest BCUT2D eigenvalue weighted by molar-refractivity contribution is 6.27. The number of amides is 3. The summed E-state index contributed by atoms with van der Waals surface area (Å²) in [6.07, 6.45) is 1.18. The van der Waals surface area contributed by atoms with Crippen LogP contribution in [0.5, 0.6) is 5.75 Å². The summed E-state index contributed by atoms with van der Waals surface area (Å²) in [6.45, 7) is 3.87. The molecule has 10 nitrogen and oxygen atoms in total. The fourth-order valence-corrected chi connectivity index (χ4v) is 3.65. The maximum Gasteiger partial charge on any atom is 0.324 e. The van der Waals surface area contributed by atoms with Gasteiger partial charge in [-0.3, -0.25) is 24.2 Å². The van der Waals surface area contributed by atoms with E-state index in [1.807, 2.05) is 0 Å². The van der Waals surface area contributed by atoms with Crippen LogP contribution in [0.4, 0.5) is 0 Å². The van der Waals surface area contributed by atoms with Gasteiger partial charge in [0.15, 0.2) is 0 Å². The quantitative estimate of drug-likeness (QED) is 0.296. The number of nitrogens with zero attached hydrogens (tertiary/aromatic N) is 1. The number of carbonyl (C=O) groups excluding carboxylic acids is 4. The maximum atomic E-state index is 13.4. The zero-order valence-electron chi connectivity index (χ0n) is 19.0. The van der Waals surface area contributed by atoms with Crippen molar-refractivity contribution in [2.75, 3.05) is 19.5 Å². The second-order valence-corrected chi connectivity index (χ2v) is 8.46. The highest BCUT2D eigenvalue weighted by Crippen LogP contribution is 2.16. The molecule has 3 amide bonds. The van der Waals surface area contributed by atoms with Crippen LogP contribution < -0.4 is 16.1 Å². The Labute approximate surface area is 198 Å². The molecule has 1 aliphatic rings. The van der Waals surface area contributed by atoms with E-state index in [-0.39, 0.29) is 24.0 Å². The monoisotopic (exact) mass is 482 g/mol. The van der Waals surface area contributed by atoms with E-state index in [2.05, 4.69) is 16.1 Å². The third-order valence-corrected chi connectivity index (χ3v) is 5.53. The Bertz CT molecular complexity index is 865. The summed E-state index contributed by atoms with van der Waals surface area (Å²) in [7, 11) is 1.27. The van der Waals surface area contributed by atoms with Crippen LogP contribution in [0.25, 0.3) is 0 Å². The van der Waals surface area contributed by atoms with Crippen LogP contribution in [0.3, 0.4) is 0 Å². The summed E-state index contributed by atoms with van der Waals surface area (Å²) in [5.41, 5.74) is 3.50. The lowest BCUT2D eigenvalue weighted by molar-refractivity contribution is -0.151. The molecule has 0 radical (unpaired) electrons. The van der Waals surface area contributed by atoms with Crippen LogP contribution in [-0.4, -0.2) is 71.5 Å². The number of ether oxygens (including phenoxy) is 1. The average Bonchev–Trinajstić information content (AvgIpc) is 2.80. The van der Waals surface area contributed by atoms with Gasteiger partial charge in [0.05, 0.1) is 7.11 Å². The fourth-order valence-electron chi connectivity index (χ4n) is 3.57. The van der Waals surface area contributed by atoms with Gasteiger partial charge < -0.3 is 20.5 Å². The number of nitrogens with one attached hydrogen (secondary N) is 3. The zero-order valence-corrected chi connectivity index (χ0v) is 19.7. The number of benzene rings is 1. The first kappa shape index (κ1) is 26.4. The summed E-state index contributed by atoms with van der Waals surface area (Å²) in [6, 6.07) is 3.78. The largest absolute Gasteiger partial charge is 0.508 e. The third-order valence-electron chi connectivity index (χ3n) is 5.29. The zero-order chi connectivity index (χ0) is 24.5. The normalized spacial score (nSPS) is 17.7. The molecule has 3 atom stereocenters. The number of aromatic hydroxyl groups is 1. The lowest BCUT2D eigenvalue weighted by Crippen LogP contribution is -2.62. The van der Waals surface area contributed by atoms with Crippen molar-refractivity contribution in [1.82, 2.24) is 21.1 Å². The summed E-state index contributed by atoms with van der Waals surface area (Å²) in [5.74, 6) is -2.50. The number of rotatable bonds is 9. The number of hydrogen-bond acceptors (Lipinski definition) is 7. The maximum absolute atomic E-state index is 13.4. The first-order valence-corrected chi connectivity index (χ1v) is 11.3. The van der Waals surface area contributed by atoms with E-state index >= 15 is 0 Å². The Morgan fingerprint density at radius 3 is 2.61 bits per heavy atom. The summed E-state index contributed by atoms with van der Waals surface area (Å²) < 4.78 is 4.77. The Kier molecular flexibility index (Phi) is 9.93. The number of phenols is 1. The minimum Gasteiger partial charge on any atom is -0.508 e. The number of methoxy groups -OCH3 is 1. The van der Waals surface area contributed by atoms with E-state index in [0.29, 0.717) is 24.9 Å². The topological polar surface area (TPSA) is 137 Å². The van der Waals surface area contributed by atoms with E-state index in [1.54, 1.807) is 26.0 Å². The molecule has 1 saturated heterocycles. The van der Waals surface area contributed by atoms with Gasteiger partial charge in [0, 0.05) is 13.0 Å². The molecule has 11 heteroatoms. The third kappa shape index (κ3) is 7.61. The van der Waals surface area contributed by atoms with E-state index in [9.17, 15) is 24.3 Å². The number of esters is 1. The number of halogens is 1. The van der Waals surface area contributed by atoms with Crippen molar-refractivity contribution in [2.24, 2.45) is 5.92 Å². The van der Waals surface area contributed by atoms with Crippen molar-refractivity contribution in [2.45, 2.75) is 51.2 Å². The van der Waals surface area contributed by atoms with Crippen LogP contribution in [0.1, 0.15) is 32.3 Å². The predicted molar refractivity (Wildman–Crippen MR) is 121 cm³/mol. The fraction of sp³-hybridized carbons (Fsp3) is 0.545. The molecule has 0 spiro atoms. The summed E-state index contributed by atoms with van der Waals surface area (Å²) in [4.78, 5) is 50.1. The van der Waals surface area contributed by atoms with Crippen LogP contribution in [-0.2, 0) is 30.3 Å². The lowest BCUT2D eigenvalue weighted by Gasteiger charge is -2.35. The standard InChI is InChI=1S/C22H31ClN4O6/c1-13(2)19(25-18(29)12-23)20(30)24-17(11-14-6-4-7-15(28)10-14)21(31)27-9-5-8-16(26-27)22(32)33-3/h4,6-7,10,13,16-17,19,26,28H,5,8-9,11-12H2,1-3H3,(H,24,30)(H,25,29)/t16-,17-,19-/m0/s1. The van der Waals surface area contributed by atoms with Gasteiger partial charge in [-0.1, -0.05) is 26.0 Å². The number of carbonyl (C=O) groups is 4. The van der Waals surface area contributed by atoms with Crippen molar-refractivity contribution < 1.29 is 29.0 Å². The van der Waals surface area contributed by atoms with Crippen LogP contribution in [0.15, 0.2) is 24.3 Å². The average molecular weight is 483 g/mol. The van der Waals surface area contributed by atoms with E-state index in [1.165, 1.54) is 24.3 Å². The van der Waals surface area contributed by atoms with Crippen molar-refractivity contribution in [3.63, 3.8) is 0 Å². The van der Waals surface area contributed by atoms with Gasteiger partial charge in [-0.15, -0.1) is 11.6 Å². The molecule has 1 aromatic carbocycles. The molecule has 1 heterocycles. The molecule has 4 N–H and O–H groups in total. The van der Waals surface area contributed by atoms with Gasteiger partial charge in [0.1, 0.15) is 29.8 Å². The Morgan fingerprint density at radius 2 is 2.00 bits per heavy atom. The Balaban J connectivity index is 2.25. The molecule has 1 aliphatic heterocycles. The Morgan fingerprint density at radius 1 is 1.27 bits per heavy atom. The molecule has 0 aliphatic carbocycles. The van der Waals surface area contributed by atoms with Gasteiger partial charge in [0.25, 0.3) is 5.91 Å². The van der Waals surface area contributed by atoms with Crippen molar-refractivity contribution in [1.29, 1.82) is 0 Å². The number of hydrazine groups is 1. The van der Waals surface area contributed by atoms with Crippen molar-refractivity contribution >= 4 is 35.3 Å². The molecule has 0 aromatic heterocycles. The molecule has 1 fully saturated rings. The Hall–Kier alpha value is -2.85. The van der Waals surface area contributed by atoms with Crippen molar-refractivity contribution in [3.8, 4) is 5.75 Å². The lowest BCUT2D eigenvalue weighted by atomic mass is 10.0. The van der Waals surface area contributed by atoms with E-state index in [4.69, 9.17) is 16.3 Å². The van der Waals surface area contributed by atoms with Crippen LogP contribution in [0.2, 0.25) is 0 Å². The number of alkyl halides is 1. The number of hydrogen-bond donors (Lipinski definition) is 4. The van der Waals surface area contributed by atoms with Gasteiger partial charge in [-0.25, -0.2) is 5.43 Å². The molecule has 1 aromatic rings. The number of phenolic OH excluding ortho intramolecular Hbond substituents is 1.